The molecule has 3 aromatic rings. The molecule has 5 rings (SSSR count). The van der Waals surface area contributed by atoms with Crippen LogP contribution in [0.3, 0.4) is 0 Å². The summed E-state index contributed by atoms with van der Waals surface area (Å²) in [7, 11) is 0. The van der Waals surface area contributed by atoms with Gasteiger partial charge >= 0.3 is 0 Å². The number of imidazole rings is 1. The van der Waals surface area contributed by atoms with Crippen molar-refractivity contribution in [3.05, 3.63) is 62.8 Å². The fraction of sp³-hybridized carbons (Fsp3) is 0.462. The second kappa shape index (κ2) is 10.2. The number of aromatic amines is 1. The Morgan fingerprint density at radius 2 is 1.74 bits per heavy atom. The van der Waals surface area contributed by atoms with Crippen LogP contribution in [-0.4, -0.2) is 38.9 Å². The number of pyridine rings is 1. The first kappa shape index (κ1) is 23.6. The number of halogens is 1. The molecule has 1 aromatic carbocycles. The van der Waals surface area contributed by atoms with Crippen LogP contribution in [0.25, 0.3) is 11.0 Å². The molecule has 0 unspecified atom stereocenters. The molecule has 0 bridgehead atoms. The molecular formula is C26H30ClN5O3. The quantitative estimate of drug-likeness (QED) is 0.428. The Bertz CT molecular complexity index is 1300. The smallest absolute Gasteiger partial charge is 0.256 e. The Morgan fingerprint density at radius 3 is 2.46 bits per heavy atom. The van der Waals surface area contributed by atoms with Crippen molar-refractivity contribution in [3.63, 3.8) is 0 Å². The monoisotopic (exact) mass is 495 g/mol. The van der Waals surface area contributed by atoms with Crippen LogP contribution in [0.5, 0.6) is 0 Å². The molecule has 0 aliphatic heterocycles. The highest BCUT2D eigenvalue weighted by atomic mass is 35.5. The second-order valence-corrected chi connectivity index (χ2v) is 10.0. The van der Waals surface area contributed by atoms with Crippen molar-refractivity contribution in [3.8, 4) is 0 Å². The van der Waals surface area contributed by atoms with Gasteiger partial charge in [0.2, 0.25) is 5.43 Å². The number of benzene rings is 1. The Labute approximate surface area is 208 Å². The lowest BCUT2D eigenvalue weighted by Crippen LogP contribution is -2.39. The number of aromatic nitrogens is 3. The highest BCUT2D eigenvalue weighted by Crippen LogP contribution is 2.34. The molecular weight excluding hydrogens is 466 g/mol. The standard InChI is InChI=1S/C26H30ClN5O3/c27-16-7-10-21-22(13-16)31-23(30-21)11-12-28-25(34)19-14-32(18-8-9-18)15-20(24(19)33)26(35)29-17-5-3-1-2-4-6-17/h7,10,13-15,17-18H,1-6,8-9,11-12H2,(H,28,34)(H,29,35)(H,30,31). The van der Waals surface area contributed by atoms with Crippen LogP contribution in [0, 0.1) is 0 Å². The Kier molecular flexibility index (Phi) is 6.90. The third-order valence-corrected chi connectivity index (χ3v) is 7.07. The van der Waals surface area contributed by atoms with Gasteiger partial charge in [0, 0.05) is 42.5 Å². The van der Waals surface area contributed by atoms with Crippen molar-refractivity contribution in [2.75, 3.05) is 6.54 Å². The second-order valence-electron chi connectivity index (χ2n) is 9.61. The zero-order valence-electron chi connectivity index (χ0n) is 19.6. The van der Waals surface area contributed by atoms with Gasteiger partial charge < -0.3 is 20.2 Å². The van der Waals surface area contributed by atoms with Crippen molar-refractivity contribution in [2.45, 2.75) is 69.9 Å². The van der Waals surface area contributed by atoms with E-state index in [0.717, 1.165) is 55.4 Å². The topological polar surface area (TPSA) is 109 Å². The van der Waals surface area contributed by atoms with Crippen LogP contribution in [-0.2, 0) is 6.42 Å². The van der Waals surface area contributed by atoms with Crippen LogP contribution >= 0.6 is 11.6 Å². The Hall–Kier alpha value is -3.13. The number of hydrogen-bond acceptors (Lipinski definition) is 4. The summed E-state index contributed by atoms with van der Waals surface area (Å²) >= 11 is 6.03. The summed E-state index contributed by atoms with van der Waals surface area (Å²) in [5, 5.41) is 6.48. The molecule has 2 aliphatic carbocycles. The fourth-order valence-electron chi connectivity index (χ4n) is 4.73. The van der Waals surface area contributed by atoms with Gasteiger partial charge in [0.25, 0.3) is 11.8 Å². The lowest BCUT2D eigenvalue weighted by atomic mass is 10.1. The van der Waals surface area contributed by atoms with E-state index < -0.39 is 11.3 Å². The van der Waals surface area contributed by atoms with Crippen LogP contribution in [0.1, 0.15) is 83.9 Å². The molecule has 2 heterocycles. The Morgan fingerprint density at radius 1 is 1.03 bits per heavy atom. The third-order valence-electron chi connectivity index (χ3n) is 6.83. The van der Waals surface area contributed by atoms with Gasteiger partial charge in [-0.15, -0.1) is 0 Å². The van der Waals surface area contributed by atoms with Crippen LogP contribution in [0.15, 0.2) is 35.4 Å². The van der Waals surface area contributed by atoms with E-state index in [1.807, 2.05) is 10.6 Å². The summed E-state index contributed by atoms with van der Waals surface area (Å²) in [6.07, 6.45) is 12.0. The molecule has 2 aliphatic rings. The van der Waals surface area contributed by atoms with Gasteiger partial charge in [-0.05, 0) is 43.9 Å². The molecule has 9 heteroatoms. The van der Waals surface area contributed by atoms with Crippen molar-refractivity contribution in [1.82, 2.24) is 25.2 Å². The van der Waals surface area contributed by atoms with Crippen LogP contribution in [0.2, 0.25) is 5.02 Å². The summed E-state index contributed by atoms with van der Waals surface area (Å²) in [5.41, 5.74) is 1.16. The average Bonchev–Trinajstić information content (AvgIpc) is 3.64. The first-order chi connectivity index (χ1) is 17.0. The SMILES string of the molecule is O=C(NCCc1nc2ccc(Cl)cc2[nH]1)c1cn(C2CC2)cc(C(=O)NC2CCCCCC2)c1=O. The van der Waals surface area contributed by atoms with E-state index in [4.69, 9.17) is 11.6 Å². The zero-order chi connectivity index (χ0) is 24.4. The van der Waals surface area contributed by atoms with Crippen molar-refractivity contribution in [2.24, 2.45) is 0 Å². The molecule has 35 heavy (non-hydrogen) atoms. The summed E-state index contributed by atoms with van der Waals surface area (Å²) in [4.78, 5) is 46.9. The van der Waals surface area contributed by atoms with Gasteiger partial charge in [-0.1, -0.05) is 37.3 Å². The highest BCUT2D eigenvalue weighted by molar-refractivity contribution is 6.31. The molecule has 0 spiro atoms. The summed E-state index contributed by atoms with van der Waals surface area (Å²) in [5.74, 6) is -0.144. The number of hydrogen-bond donors (Lipinski definition) is 3. The van der Waals surface area contributed by atoms with Gasteiger partial charge in [-0.2, -0.15) is 0 Å². The molecule has 0 saturated heterocycles. The average molecular weight is 496 g/mol. The van der Waals surface area contributed by atoms with Crippen molar-refractivity contribution < 1.29 is 9.59 Å². The molecule has 3 N–H and O–H groups in total. The molecule has 2 saturated carbocycles. The molecule has 0 atom stereocenters. The maximum Gasteiger partial charge on any atom is 0.256 e. The van der Waals surface area contributed by atoms with E-state index in [0.29, 0.717) is 18.0 Å². The molecule has 2 amide bonds. The van der Waals surface area contributed by atoms with Gasteiger partial charge in [0.1, 0.15) is 17.0 Å². The maximum absolute atomic E-state index is 13.2. The van der Waals surface area contributed by atoms with E-state index in [1.54, 1.807) is 24.5 Å². The van der Waals surface area contributed by atoms with Gasteiger partial charge in [-0.3, -0.25) is 14.4 Å². The van der Waals surface area contributed by atoms with E-state index in [9.17, 15) is 14.4 Å². The molecule has 8 nitrogen and oxygen atoms in total. The molecule has 2 fully saturated rings. The summed E-state index contributed by atoms with van der Waals surface area (Å²) < 4.78 is 1.85. The minimum Gasteiger partial charge on any atom is -0.351 e. The number of amides is 2. The largest absolute Gasteiger partial charge is 0.351 e. The number of carbonyl (C=O) groups excluding carboxylic acids is 2. The number of rotatable bonds is 7. The highest BCUT2D eigenvalue weighted by Gasteiger charge is 2.27. The first-order valence-electron chi connectivity index (χ1n) is 12.5. The summed E-state index contributed by atoms with van der Waals surface area (Å²) in [6, 6.07) is 5.73. The third kappa shape index (κ3) is 5.59. The zero-order valence-corrected chi connectivity index (χ0v) is 20.4. The molecule has 184 valence electrons. The number of carbonyl (C=O) groups is 2. The number of nitrogens with one attached hydrogen (secondary N) is 3. The predicted octanol–water partition coefficient (Wildman–Crippen LogP) is 4.14. The number of H-pyrrole nitrogens is 1. The van der Waals surface area contributed by atoms with Crippen LogP contribution < -0.4 is 16.1 Å². The van der Waals surface area contributed by atoms with Crippen LogP contribution in [0.4, 0.5) is 0 Å². The minimum absolute atomic E-state index is 0.00167. The summed E-state index contributed by atoms with van der Waals surface area (Å²) in [6.45, 7) is 0.299. The van der Waals surface area contributed by atoms with E-state index in [2.05, 4.69) is 20.6 Å². The normalized spacial score (nSPS) is 16.7. The first-order valence-corrected chi connectivity index (χ1v) is 12.8. The lowest BCUT2D eigenvalue weighted by molar-refractivity contribution is 0.0931. The van der Waals surface area contributed by atoms with Crippen molar-refractivity contribution in [1.29, 1.82) is 0 Å². The number of nitrogens with zero attached hydrogens (tertiary/aromatic N) is 2. The molecule has 2 aromatic heterocycles. The van der Waals surface area contributed by atoms with Crippen molar-refractivity contribution >= 4 is 34.4 Å². The van der Waals surface area contributed by atoms with E-state index in [-0.39, 0.29) is 29.1 Å². The van der Waals surface area contributed by atoms with Gasteiger partial charge in [-0.25, -0.2) is 4.98 Å². The van der Waals surface area contributed by atoms with E-state index >= 15 is 0 Å². The van der Waals surface area contributed by atoms with E-state index in [1.165, 1.54) is 12.8 Å². The Balaban J connectivity index is 1.29. The predicted molar refractivity (Wildman–Crippen MR) is 135 cm³/mol. The van der Waals surface area contributed by atoms with Gasteiger partial charge in [0.15, 0.2) is 0 Å². The maximum atomic E-state index is 13.2. The molecule has 0 radical (unpaired) electrons. The van der Waals surface area contributed by atoms with Gasteiger partial charge in [0.05, 0.1) is 11.0 Å². The lowest BCUT2D eigenvalue weighted by Gasteiger charge is -2.17. The number of fused-ring (bicyclic) bond motifs is 1. The minimum atomic E-state index is -0.524. The fourth-order valence-corrected chi connectivity index (χ4v) is 4.91.